The maximum Gasteiger partial charge on any atom is 0.343 e. The fourth-order valence-electron chi connectivity index (χ4n) is 5.41. The number of aromatic nitrogens is 2. The third kappa shape index (κ3) is 10.2. The number of amides is 2. The predicted octanol–water partition coefficient (Wildman–Crippen LogP) is 7.39. The van der Waals surface area contributed by atoms with Crippen LogP contribution in [0.4, 0.5) is 5.69 Å². The van der Waals surface area contributed by atoms with Crippen molar-refractivity contribution in [3.63, 3.8) is 0 Å². The van der Waals surface area contributed by atoms with Crippen LogP contribution in [0.3, 0.4) is 0 Å². The van der Waals surface area contributed by atoms with Crippen molar-refractivity contribution < 1.29 is 33.4 Å². The fraction of sp³-hybridized carbons (Fsp3) is 0.268. The summed E-state index contributed by atoms with van der Waals surface area (Å²) in [5.41, 5.74) is 3.25. The van der Waals surface area contributed by atoms with E-state index in [0.717, 1.165) is 12.8 Å². The molecule has 0 saturated heterocycles. The highest BCUT2D eigenvalue weighted by Crippen LogP contribution is 2.30. The Kier molecular flexibility index (Phi) is 13.0. The molecule has 2 amide bonds. The third-order valence-electron chi connectivity index (χ3n) is 8.36. The first-order chi connectivity index (χ1) is 25.2. The molecule has 1 aromatic heterocycles. The van der Waals surface area contributed by atoms with Gasteiger partial charge in [-0.15, -0.1) is 0 Å². The summed E-state index contributed by atoms with van der Waals surface area (Å²) < 4.78 is 16.9. The van der Waals surface area contributed by atoms with Crippen LogP contribution >= 0.6 is 0 Å². The molecule has 1 heterocycles. The lowest BCUT2D eigenvalue weighted by Gasteiger charge is -2.17. The Bertz CT molecular complexity index is 2010. The molecule has 11 nitrogen and oxygen atoms in total. The minimum absolute atomic E-state index is 0.159. The Morgan fingerprint density at radius 1 is 0.769 bits per heavy atom. The summed E-state index contributed by atoms with van der Waals surface area (Å²) in [4.78, 5) is 60.0. The molecular formula is C41H42N4O7. The number of nitrogens with zero attached hydrogens (tertiary/aromatic N) is 2. The highest BCUT2D eigenvalue weighted by molar-refractivity contribution is 6.04. The minimum Gasteiger partial charge on any atom is -0.494 e. The molecule has 0 radical (unpaired) electrons. The fourth-order valence-corrected chi connectivity index (χ4v) is 5.41. The van der Waals surface area contributed by atoms with Gasteiger partial charge in [0.05, 0.1) is 42.6 Å². The lowest BCUT2D eigenvalue weighted by atomic mass is 10.0. The van der Waals surface area contributed by atoms with Crippen LogP contribution in [0.1, 0.15) is 82.7 Å². The summed E-state index contributed by atoms with van der Waals surface area (Å²) in [5.74, 6) is -0.492. The predicted molar refractivity (Wildman–Crippen MR) is 198 cm³/mol. The van der Waals surface area contributed by atoms with Gasteiger partial charge in [0.25, 0.3) is 11.8 Å². The van der Waals surface area contributed by atoms with E-state index in [-0.39, 0.29) is 23.6 Å². The molecule has 0 aliphatic carbocycles. The first-order valence-electron chi connectivity index (χ1n) is 17.3. The van der Waals surface area contributed by atoms with Gasteiger partial charge in [-0.3, -0.25) is 19.4 Å². The van der Waals surface area contributed by atoms with E-state index in [9.17, 15) is 19.2 Å². The minimum atomic E-state index is -0.839. The van der Waals surface area contributed by atoms with Crippen molar-refractivity contribution in [2.75, 3.05) is 19.0 Å². The van der Waals surface area contributed by atoms with Gasteiger partial charge < -0.3 is 24.8 Å². The summed E-state index contributed by atoms with van der Waals surface area (Å²) in [6.07, 6.45) is 7.33. The first kappa shape index (κ1) is 37.2. The van der Waals surface area contributed by atoms with Crippen LogP contribution in [-0.4, -0.2) is 53.3 Å². The molecule has 5 rings (SSSR count). The molecule has 268 valence electrons. The molecule has 5 aromatic rings. The number of fused-ring (bicyclic) bond motifs is 1. The zero-order chi connectivity index (χ0) is 36.9. The summed E-state index contributed by atoms with van der Waals surface area (Å²) in [6, 6.07) is 24.5. The molecular weight excluding hydrogens is 660 g/mol. The second-order valence-electron chi connectivity index (χ2n) is 12.3. The van der Waals surface area contributed by atoms with Crippen LogP contribution in [0.25, 0.3) is 11.0 Å². The monoisotopic (exact) mass is 702 g/mol. The van der Waals surface area contributed by atoms with E-state index >= 15 is 0 Å². The molecule has 0 fully saturated rings. The van der Waals surface area contributed by atoms with Crippen molar-refractivity contribution in [2.24, 2.45) is 0 Å². The van der Waals surface area contributed by atoms with Crippen LogP contribution in [-0.2, 0) is 11.2 Å². The van der Waals surface area contributed by atoms with Crippen molar-refractivity contribution >= 4 is 40.3 Å². The van der Waals surface area contributed by atoms with Crippen LogP contribution in [0.2, 0.25) is 0 Å². The molecule has 0 bridgehead atoms. The molecule has 1 unspecified atom stereocenters. The Balaban J connectivity index is 1.15. The standard InChI is InChI=1S/C41H42N4O7/c1-4-5-6-7-10-23-51-32-20-16-30(17-21-32)41(49)52-37-22-13-28(25-38(37)50-3)24-35(27(2)46)45-39(47)29-14-18-31(19-15-29)43-40(48)36-26-42-33-11-8-9-12-34(33)44-36/h8-9,11-22,25-26,35H,4-7,10,23-24H2,1-3H3,(H,43,48)(H,45,47). The highest BCUT2D eigenvalue weighted by atomic mass is 16.6. The van der Waals surface area contributed by atoms with Gasteiger partial charge in [0.1, 0.15) is 11.4 Å². The van der Waals surface area contributed by atoms with Gasteiger partial charge in [-0.25, -0.2) is 9.78 Å². The summed E-state index contributed by atoms with van der Waals surface area (Å²) in [5, 5.41) is 5.54. The maximum absolute atomic E-state index is 13.1. The van der Waals surface area contributed by atoms with Crippen LogP contribution in [0, 0.1) is 0 Å². The van der Waals surface area contributed by atoms with Gasteiger partial charge in [0.2, 0.25) is 0 Å². The number of hydrogen-bond acceptors (Lipinski definition) is 9. The van der Waals surface area contributed by atoms with Gasteiger partial charge in [-0.1, -0.05) is 50.8 Å². The Labute approximate surface area is 302 Å². The number of para-hydroxylation sites is 2. The summed E-state index contributed by atoms with van der Waals surface area (Å²) in [7, 11) is 1.45. The molecule has 52 heavy (non-hydrogen) atoms. The van der Waals surface area contributed by atoms with E-state index in [2.05, 4.69) is 27.5 Å². The van der Waals surface area contributed by atoms with Crippen molar-refractivity contribution in [3.8, 4) is 17.2 Å². The Morgan fingerprint density at radius 3 is 2.19 bits per heavy atom. The number of esters is 1. The maximum atomic E-state index is 13.1. The molecule has 0 spiro atoms. The topological polar surface area (TPSA) is 146 Å². The Hall–Kier alpha value is -6.10. The number of methoxy groups -OCH3 is 1. The molecule has 2 N–H and O–H groups in total. The van der Waals surface area contributed by atoms with Gasteiger partial charge in [-0.2, -0.15) is 0 Å². The van der Waals surface area contributed by atoms with E-state index in [1.807, 2.05) is 18.2 Å². The lowest BCUT2D eigenvalue weighted by Crippen LogP contribution is -2.41. The van der Waals surface area contributed by atoms with Crippen LogP contribution < -0.4 is 24.8 Å². The van der Waals surface area contributed by atoms with E-state index in [1.165, 1.54) is 39.5 Å². The van der Waals surface area contributed by atoms with Gasteiger partial charge in [0, 0.05) is 11.3 Å². The number of ketones is 1. The summed E-state index contributed by atoms with van der Waals surface area (Å²) >= 11 is 0. The summed E-state index contributed by atoms with van der Waals surface area (Å²) in [6.45, 7) is 4.21. The van der Waals surface area contributed by atoms with E-state index < -0.39 is 23.8 Å². The zero-order valence-corrected chi connectivity index (χ0v) is 29.5. The quantitative estimate of drug-likeness (QED) is 0.0575. The van der Waals surface area contributed by atoms with Crippen LogP contribution in [0.5, 0.6) is 17.2 Å². The second-order valence-corrected chi connectivity index (χ2v) is 12.3. The average molecular weight is 703 g/mol. The smallest absolute Gasteiger partial charge is 0.343 e. The first-order valence-corrected chi connectivity index (χ1v) is 17.3. The van der Waals surface area contributed by atoms with E-state index in [4.69, 9.17) is 14.2 Å². The molecule has 11 heteroatoms. The number of benzene rings is 4. The van der Waals surface area contributed by atoms with Crippen molar-refractivity contribution in [2.45, 2.75) is 58.4 Å². The normalized spacial score (nSPS) is 11.4. The van der Waals surface area contributed by atoms with Gasteiger partial charge >= 0.3 is 5.97 Å². The number of nitrogens with one attached hydrogen (secondary N) is 2. The molecule has 4 aromatic carbocycles. The average Bonchev–Trinajstić information content (AvgIpc) is 3.16. The molecule has 0 aliphatic rings. The SMILES string of the molecule is CCCCCCCOc1ccc(C(=O)Oc2ccc(CC(NC(=O)c3ccc(NC(=O)c4cnc5ccccc5n4)cc3)C(C)=O)cc2OC)cc1. The van der Waals surface area contributed by atoms with Crippen molar-refractivity contribution in [1.29, 1.82) is 0 Å². The second kappa shape index (κ2) is 18.2. The number of anilines is 1. The number of ether oxygens (including phenoxy) is 3. The number of carbonyl (C=O) groups is 4. The molecule has 0 aliphatic heterocycles. The number of unbranched alkanes of at least 4 members (excludes halogenated alkanes) is 4. The number of Topliss-reactive ketones (excluding diaryl/α,β-unsaturated/α-hetero) is 1. The third-order valence-corrected chi connectivity index (χ3v) is 8.36. The van der Waals surface area contributed by atoms with Crippen molar-refractivity contribution in [1.82, 2.24) is 15.3 Å². The number of rotatable bonds is 17. The van der Waals surface area contributed by atoms with Crippen LogP contribution in [0.15, 0.2) is 97.2 Å². The number of hydrogen-bond donors (Lipinski definition) is 2. The number of carbonyl (C=O) groups excluding carboxylic acids is 4. The van der Waals surface area contributed by atoms with Gasteiger partial charge in [-0.05, 0) is 98.1 Å². The molecule has 0 saturated carbocycles. The molecule has 1 atom stereocenters. The Morgan fingerprint density at radius 2 is 1.48 bits per heavy atom. The van der Waals surface area contributed by atoms with E-state index in [0.29, 0.717) is 51.5 Å². The highest BCUT2D eigenvalue weighted by Gasteiger charge is 2.21. The largest absolute Gasteiger partial charge is 0.494 e. The van der Waals surface area contributed by atoms with Crippen molar-refractivity contribution in [3.05, 3.63) is 120 Å². The lowest BCUT2D eigenvalue weighted by molar-refractivity contribution is -0.118. The van der Waals surface area contributed by atoms with Gasteiger partial charge in [0.15, 0.2) is 17.3 Å². The zero-order valence-electron chi connectivity index (χ0n) is 29.5. The van der Waals surface area contributed by atoms with E-state index in [1.54, 1.807) is 72.8 Å².